The molecule has 3 heteroatoms. The third-order valence-electron chi connectivity index (χ3n) is 4.78. The molecular formula is C26H18O3. The normalized spacial score (nSPS) is 10.5. The lowest BCUT2D eigenvalue weighted by Gasteiger charge is -2.14. The molecule has 0 atom stereocenters. The number of carbonyl (C=O) groups excluding carboxylic acids is 2. The van der Waals surface area contributed by atoms with Crippen LogP contribution in [0.3, 0.4) is 0 Å². The summed E-state index contributed by atoms with van der Waals surface area (Å²) in [4.78, 5) is 26.3. The van der Waals surface area contributed by atoms with Gasteiger partial charge in [-0.2, -0.15) is 0 Å². The van der Waals surface area contributed by atoms with Gasteiger partial charge in [0.1, 0.15) is 5.75 Å². The molecule has 0 aliphatic carbocycles. The van der Waals surface area contributed by atoms with E-state index in [2.05, 4.69) is 0 Å². The maximum atomic E-state index is 13.1. The quantitative estimate of drug-likeness (QED) is 0.465. The standard InChI is InChI=1S/C26H18O3/c27-20-15-16-22(24(17-20)26(29)19-11-5-2-6-12-19)21-13-7-8-14-23(21)25(28)18-9-3-1-4-10-18/h1-17,27H. The first-order chi connectivity index (χ1) is 14.1. The summed E-state index contributed by atoms with van der Waals surface area (Å²) in [5.74, 6) is -0.328. The predicted molar refractivity (Wildman–Crippen MR) is 113 cm³/mol. The summed E-state index contributed by atoms with van der Waals surface area (Å²) in [5.41, 5.74) is 3.22. The van der Waals surface area contributed by atoms with E-state index in [1.165, 1.54) is 12.1 Å². The van der Waals surface area contributed by atoms with Crippen LogP contribution in [0.15, 0.2) is 103 Å². The smallest absolute Gasteiger partial charge is 0.193 e. The van der Waals surface area contributed by atoms with Crippen molar-refractivity contribution in [3.63, 3.8) is 0 Å². The highest BCUT2D eigenvalue weighted by Crippen LogP contribution is 2.32. The van der Waals surface area contributed by atoms with Crippen LogP contribution in [0, 0.1) is 0 Å². The van der Waals surface area contributed by atoms with Crippen molar-refractivity contribution in [3.8, 4) is 16.9 Å². The maximum absolute atomic E-state index is 13.1. The zero-order valence-electron chi connectivity index (χ0n) is 15.6. The third kappa shape index (κ3) is 3.71. The number of aromatic hydroxyl groups is 1. The van der Waals surface area contributed by atoms with Crippen molar-refractivity contribution in [2.75, 3.05) is 0 Å². The molecule has 0 aliphatic heterocycles. The molecule has 29 heavy (non-hydrogen) atoms. The number of phenols is 1. The van der Waals surface area contributed by atoms with Gasteiger partial charge in [0, 0.05) is 22.3 Å². The average Bonchev–Trinajstić information content (AvgIpc) is 2.79. The van der Waals surface area contributed by atoms with Crippen molar-refractivity contribution in [1.82, 2.24) is 0 Å². The lowest BCUT2D eigenvalue weighted by atomic mass is 9.89. The van der Waals surface area contributed by atoms with Crippen LogP contribution in [-0.4, -0.2) is 16.7 Å². The van der Waals surface area contributed by atoms with Crippen LogP contribution in [0.1, 0.15) is 31.8 Å². The first-order valence-corrected chi connectivity index (χ1v) is 9.27. The predicted octanol–water partition coefficient (Wildman–Crippen LogP) is 5.52. The minimum absolute atomic E-state index is 0.0000943. The van der Waals surface area contributed by atoms with Crippen molar-refractivity contribution >= 4 is 11.6 Å². The van der Waals surface area contributed by atoms with Gasteiger partial charge < -0.3 is 5.11 Å². The number of hydrogen-bond donors (Lipinski definition) is 1. The highest BCUT2D eigenvalue weighted by molar-refractivity contribution is 6.17. The molecule has 140 valence electrons. The molecule has 0 heterocycles. The van der Waals surface area contributed by atoms with Crippen molar-refractivity contribution in [2.24, 2.45) is 0 Å². The van der Waals surface area contributed by atoms with Crippen LogP contribution < -0.4 is 0 Å². The molecule has 0 aliphatic rings. The number of ketones is 2. The van der Waals surface area contributed by atoms with Gasteiger partial charge in [-0.3, -0.25) is 9.59 Å². The third-order valence-corrected chi connectivity index (χ3v) is 4.78. The van der Waals surface area contributed by atoms with E-state index in [0.29, 0.717) is 33.4 Å². The van der Waals surface area contributed by atoms with E-state index in [0.717, 1.165) is 0 Å². The van der Waals surface area contributed by atoms with Gasteiger partial charge in [-0.05, 0) is 29.3 Å². The summed E-state index contributed by atoms with van der Waals surface area (Å²) in [6.07, 6.45) is 0. The van der Waals surface area contributed by atoms with Crippen molar-refractivity contribution in [3.05, 3.63) is 125 Å². The van der Waals surface area contributed by atoms with Gasteiger partial charge in [-0.15, -0.1) is 0 Å². The average molecular weight is 378 g/mol. The molecule has 1 N–H and O–H groups in total. The van der Waals surface area contributed by atoms with E-state index in [1.807, 2.05) is 36.4 Å². The molecule has 0 saturated heterocycles. The Morgan fingerprint density at radius 3 is 1.62 bits per heavy atom. The molecule has 4 rings (SSSR count). The summed E-state index contributed by atoms with van der Waals surface area (Å²) >= 11 is 0. The van der Waals surface area contributed by atoms with E-state index < -0.39 is 0 Å². The summed E-state index contributed by atoms with van der Waals surface area (Å²) in [5, 5.41) is 10.0. The monoisotopic (exact) mass is 378 g/mol. The summed E-state index contributed by atoms with van der Waals surface area (Å²) in [6, 6.07) is 29.8. The Balaban J connectivity index is 1.87. The van der Waals surface area contributed by atoms with Crippen molar-refractivity contribution < 1.29 is 14.7 Å². The van der Waals surface area contributed by atoms with Gasteiger partial charge >= 0.3 is 0 Å². The molecular weight excluding hydrogens is 360 g/mol. The Hall–Kier alpha value is -3.98. The topological polar surface area (TPSA) is 54.4 Å². The molecule has 0 amide bonds. The van der Waals surface area contributed by atoms with Gasteiger partial charge in [0.15, 0.2) is 11.6 Å². The van der Waals surface area contributed by atoms with Crippen LogP contribution >= 0.6 is 0 Å². The fourth-order valence-electron chi connectivity index (χ4n) is 3.36. The zero-order chi connectivity index (χ0) is 20.2. The Kier molecular flexibility index (Phi) is 5.04. The fourth-order valence-corrected chi connectivity index (χ4v) is 3.36. The SMILES string of the molecule is O=C(c1ccccc1)c1ccccc1-c1ccc(O)cc1C(=O)c1ccccc1. The number of rotatable bonds is 5. The minimum atomic E-state index is -0.210. The molecule has 4 aromatic carbocycles. The highest BCUT2D eigenvalue weighted by atomic mass is 16.3. The van der Waals surface area contributed by atoms with Gasteiger partial charge in [0.05, 0.1) is 0 Å². The minimum Gasteiger partial charge on any atom is -0.508 e. The largest absolute Gasteiger partial charge is 0.508 e. The highest BCUT2D eigenvalue weighted by Gasteiger charge is 2.20. The number of hydrogen-bond acceptors (Lipinski definition) is 3. The second kappa shape index (κ2) is 7.95. The van der Waals surface area contributed by atoms with Crippen LogP contribution in [-0.2, 0) is 0 Å². The Morgan fingerprint density at radius 2 is 1.00 bits per heavy atom. The van der Waals surface area contributed by atoms with Crippen LogP contribution in [0.5, 0.6) is 5.75 Å². The summed E-state index contributed by atoms with van der Waals surface area (Å²) < 4.78 is 0. The van der Waals surface area contributed by atoms with Crippen LogP contribution in [0.4, 0.5) is 0 Å². The first kappa shape index (κ1) is 18.4. The van der Waals surface area contributed by atoms with Crippen LogP contribution in [0.2, 0.25) is 0 Å². The van der Waals surface area contributed by atoms with Gasteiger partial charge in [-0.1, -0.05) is 84.9 Å². The van der Waals surface area contributed by atoms with Gasteiger partial charge in [-0.25, -0.2) is 0 Å². The fraction of sp³-hybridized carbons (Fsp3) is 0. The second-order valence-electron chi connectivity index (χ2n) is 6.67. The zero-order valence-corrected chi connectivity index (χ0v) is 15.6. The van der Waals surface area contributed by atoms with Crippen molar-refractivity contribution in [1.29, 1.82) is 0 Å². The Bertz CT molecular complexity index is 1180. The molecule has 0 bridgehead atoms. The molecule has 0 unspecified atom stereocenters. The van der Waals surface area contributed by atoms with Crippen molar-refractivity contribution in [2.45, 2.75) is 0 Å². The second-order valence-corrected chi connectivity index (χ2v) is 6.67. The Morgan fingerprint density at radius 1 is 0.517 bits per heavy atom. The molecule has 0 fully saturated rings. The van der Waals surface area contributed by atoms with E-state index in [9.17, 15) is 14.7 Å². The lowest BCUT2D eigenvalue weighted by Crippen LogP contribution is -2.07. The molecule has 3 nitrogen and oxygen atoms in total. The van der Waals surface area contributed by atoms with Gasteiger partial charge in [0.2, 0.25) is 0 Å². The summed E-state index contributed by atoms with van der Waals surface area (Å²) in [7, 11) is 0. The van der Waals surface area contributed by atoms with E-state index >= 15 is 0 Å². The van der Waals surface area contributed by atoms with E-state index in [1.54, 1.807) is 54.6 Å². The molecule has 0 radical (unpaired) electrons. The molecule has 4 aromatic rings. The van der Waals surface area contributed by atoms with Gasteiger partial charge in [0.25, 0.3) is 0 Å². The lowest BCUT2D eigenvalue weighted by molar-refractivity contribution is 0.102. The molecule has 0 spiro atoms. The summed E-state index contributed by atoms with van der Waals surface area (Å²) in [6.45, 7) is 0. The number of benzene rings is 4. The molecule has 0 saturated carbocycles. The number of phenolic OH excluding ortho intramolecular Hbond substituents is 1. The van der Waals surface area contributed by atoms with Crippen LogP contribution in [0.25, 0.3) is 11.1 Å². The maximum Gasteiger partial charge on any atom is 0.193 e. The first-order valence-electron chi connectivity index (χ1n) is 9.27. The van der Waals surface area contributed by atoms with E-state index in [4.69, 9.17) is 0 Å². The number of carbonyl (C=O) groups is 2. The molecule has 0 aromatic heterocycles. The van der Waals surface area contributed by atoms with E-state index in [-0.39, 0.29) is 17.3 Å². The Labute approximate surface area is 168 Å².